The molecule has 4 nitrogen and oxygen atoms in total. The quantitative estimate of drug-likeness (QED) is 0.618. The molecule has 0 amide bonds. The average molecular weight is 300 g/mol. The molecule has 0 unspecified atom stereocenters. The number of rotatable bonds is 7. The van der Waals surface area contributed by atoms with Crippen LogP contribution in [0.3, 0.4) is 0 Å². The molecule has 0 atom stereocenters. The maximum absolute atomic E-state index is 11.5. The number of aromatic hydroxyl groups is 1. The summed E-state index contributed by atoms with van der Waals surface area (Å²) in [6.45, 7) is 3.62. The fourth-order valence-corrected chi connectivity index (χ4v) is 2.66. The van der Waals surface area contributed by atoms with Crippen LogP contribution in [-0.2, 0) is 13.5 Å². The van der Waals surface area contributed by atoms with Crippen LogP contribution in [0.1, 0.15) is 55.6 Å². The minimum atomic E-state index is -0.230. The molecular formula is C18H24N2O2. The van der Waals surface area contributed by atoms with Gasteiger partial charge in [-0.2, -0.15) is 5.10 Å². The molecule has 0 saturated carbocycles. The lowest BCUT2D eigenvalue weighted by molar-refractivity contribution is 0.101. The zero-order chi connectivity index (χ0) is 16.1. The van der Waals surface area contributed by atoms with Crippen molar-refractivity contribution in [1.82, 2.24) is 9.78 Å². The summed E-state index contributed by atoms with van der Waals surface area (Å²) in [7, 11) is 1.74. The summed E-state index contributed by atoms with van der Waals surface area (Å²) in [4.78, 5) is 11.5. The Labute approximate surface area is 131 Å². The van der Waals surface area contributed by atoms with E-state index in [4.69, 9.17) is 0 Å². The number of nitrogens with zero attached hydrogens (tertiary/aromatic N) is 2. The van der Waals surface area contributed by atoms with Gasteiger partial charge in [-0.1, -0.05) is 50.5 Å². The van der Waals surface area contributed by atoms with Gasteiger partial charge in [-0.15, -0.1) is 0 Å². The van der Waals surface area contributed by atoms with E-state index in [1.54, 1.807) is 11.7 Å². The monoisotopic (exact) mass is 300 g/mol. The number of benzene rings is 1. The van der Waals surface area contributed by atoms with Gasteiger partial charge in [0.15, 0.2) is 17.2 Å². The van der Waals surface area contributed by atoms with E-state index >= 15 is 0 Å². The highest BCUT2D eigenvalue weighted by Gasteiger charge is 2.19. The Morgan fingerprint density at radius 2 is 1.86 bits per heavy atom. The van der Waals surface area contributed by atoms with Crippen molar-refractivity contribution in [2.75, 3.05) is 0 Å². The maximum Gasteiger partial charge on any atom is 0.183 e. The molecule has 0 aliphatic rings. The Balaban J connectivity index is 2.15. The van der Waals surface area contributed by atoms with Crippen molar-refractivity contribution in [1.29, 1.82) is 0 Å². The van der Waals surface area contributed by atoms with Gasteiger partial charge in [0.2, 0.25) is 0 Å². The number of aromatic nitrogens is 2. The van der Waals surface area contributed by atoms with Gasteiger partial charge in [0.05, 0.1) is 0 Å². The van der Waals surface area contributed by atoms with Gasteiger partial charge in [0, 0.05) is 19.5 Å². The minimum Gasteiger partial charge on any atom is -0.504 e. The third-order valence-corrected chi connectivity index (χ3v) is 3.90. The topological polar surface area (TPSA) is 55.1 Å². The van der Waals surface area contributed by atoms with Gasteiger partial charge in [0.1, 0.15) is 5.69 Å². The lowest BCUT2D eigenvalue weighted by atomic mass is 10.0. The molecule has 0 radical (unpaired) electrons. The maximum atomic E-state index is 11.5. The summed E-state index contributed by atoms with van der Waals surface area (Å²) in [5.41, 5.74) is 2.88. The molecule has 1 aromatic heterocycles. The van der Waals surface area contributed by atoms with Gasteiger partial charge in [-0.05, 0) is 18.4 Å². The second-order valence-electron chi connectivity index (χ2n) is 5.73. The van der Waals surface area contributed by atoms with E-state index in [9.17, 15) is 9.90 Å². The number of carbonyl (C=O) groups excluding carboxylic acids is 1. The third-order valence-electron chi connectivity index (χ3n) is 3.90. The first-order valence-corrected chi connectivity index (χ1v) is 7.90. The zero-order valence-electron chi connectivity index (χ0n) is 13.6. The first-order chi connectivity index (χ1) is 10.5. The Morgan fingerprint density at radius 3 is 2.41 bits per heavy atom. The number of hydrogen-bond acceptors (Lipinski definition) is 3. The Hall–Kier alpha value is -2.10. The van der Waals surface area contributed by atoms with E-state index in [-0.39, 0.29) is 17.2 Å². The van der Waals surface area contributed by atoms with Crippen LogP contribution in [-0.4, -0.2) is 20.7 Å². The van der Waals surface area contributed by atoms with Crippen LogP contribution in [0.15, 0.2) is 24.3 Å². The predicted octanol–water partition coefficient (Wildman–Crippen LogP) is 4.12. The summed E-state index contributed by atoms with van der Waals surface area (Å²) in [5.74, 6) is -0.266. The first-order valence-electron chi connectivity index (χ1n) is 7.90. The SMILES string of the molecule is CCCCCCc1ccc(-c2c(O)c(C(C)=O)nn2C)cc1. The van der Waals surface area contributed by atoms with Gasteiger partial charge in [-0.3, -0.25) is 9.48 Å². The molecule has 118 valence electrons. The van der Waals surface area contributed by atoms with Crippen LogP contribution in [0, 0.1) is 0 Å². The molecule has 1 N–H and O–H groups in total. The van der Waals surface area contributed by atoms with E-state index in [0.717, 1.165) is 12.0 Å². The minimum absolute atomic E-state index is 0.0364. The average Bonchev–Trinajstić information content (AvgIpc) is 2.80. The van der Waals surface area contributed by atoms with Gasteiger partial charge in [0.25, 0.3) is 0 Å². The molecule has 1 heterocycles. The summed E-state index contributed by atoms with van der Waals surface area (Å²) < 4.78 is 1.56. The first kappa shape index (κ1) is 16.3. The third kappa shape index (κ3) is 3.56. The number of aryl methyl sites for hydroxylation is 2. The van der Waals surface area contributed by atoms with Crippen LogP contribution in [0.4, 0.5) is 0 Å². The lowest BCUT2D eigenvalue weighted by Gasteiger charge is -2.05. The Bertz CT molecular complexity index is 642. The molecule has 2 aromatic rings. The van der Waals surface area contributed by atoms with Crippen molar-refractivity contribution < 1.29 is 9.90 Å². The zero-order valence-corrected chi connectivity index (χ0v) is 13.6. The molecule has 4 heteroatoms. The van der Waals surface area contributed by atoms with Crippen molar-refractivity contribution in [3.8, 4) is 17.0 Å². The largest absolute Gasteiger partial charge is 0.504 e. The van der Waals surface area contributed by atoms with Crippen LogP contribution in [0.2, 0.25) is 0 Å². The van der Waals surface area contributed by atoms with Crippen LogP contribution >= 0.6 is 0 Å². The van der Waals surface area contributed by atoms with E-state index in [2.05, 4.69) is 24.2 Å². The Kier molecular flexibility index (Phi) is 5.36. The molecule has 22 heavy (non-hydrogen) atoms. The second-order valence-corrected chi connectivity index (χ2v) is 5.73. The van der Waals surface area contributed by atoms with E-state index in [1.165, 1.54) is 38.2 Å². The van der Waals surface area contributed by atoms with E-state index in [0.29, 0.717) is 5.69 Å². The molecule has 0 aliphatic carbocycles. The summed E-state index contributed by atoms with van der Waals surface area (Å²) in [6, 6.07) is 8.13. The molecule has 0 aliphatic heterocycles. The van der Waals surface area contributed by atoms with Gasteiger partial charge in [-0.25, -0.2) is 0 Å². The molecular weight excluding hydrogens is 276 g/mol. The lowest BCUT2D eigenvalue weighted by Crippen LogP contribution is -1.97. The van der Waals surface area contributed by atoms with Gasteiger partial charge >= 0.3 is 0 Å². The molecule has 0 spiro atoms. The fourth-order valence-electron chi connectivity index (χ4n) is 2.66. The molecule has 0 saturated heterocycles. The number of Topliss-reactive ketones (excluding diaryl/α,β-unsaturated/α-hetero) is 1. The Morgan fingerprint density at radius 1 is 1.18 bits per heavy atom. The molecule has 0 bridgehead atoms. The number of ketones is 1. The highest BCUT2D eigenvalue weighted by Crippen LogP contribution is 2.32. The molecule has 1 aromatic carbocycles. The molecule has 0 fully saturated rings. The van der Waals surface area contributed by atoms with E-state index in [1.807, 2.05) is 12.1 Å². The van der Waals surface area contributed by atoms with Crippen molar-refractivity contribution in [2.45, 2.75) is 46.0 Å². The van der Waals surface area contributed by atoms with Crippen molar-refractivity contribution in [3.05, 3.63) is 35.5 Å². The summed E-state index contributed by atoms with van der Waals surface area (Å²) in [6.07, 6.45) is 6.09. The summed E-state index contributed by atoms with van der Waals surface area (Å²) in [5, 5.41) is 14.3. The number of unbranched alkanes of at least 4 members (excludes halogenated alkanes) is 3. The van der Waals surface area contributed by atoms with Crippen LogP contribution < -0.4 is 0 Å². The standard InChI is InChI=1S/C18H24N2O2/c1-4-5-6-7-8-14-9-11-15(12-10-14)17-18(22)16(13(2)21)19-20(17)3/h9-12,22H,4-8H2,1-3H3. The van der Waals surface area contributed by atoms with Gasteiger partial charge < -0.3 is 5.11 Å². The predicted molar refractivity (Wildman–Crippen MR) is 88.2 cm³/mol. The summed E-state index contributed by atoms with van der Waals surface area (Å²) >= 11 is 0. The number of hydrogen-bond donors (Lipinski definition) is 1. The van der Waals surface area contributed by atoms with Crippen LogP contribution in [0.25, 0.3) is 11.3 Å². The number of carbonyl (C=O) groups is 1. The smallest absolute Gasteiger partial charge is 0.183 e. The highest BCUT2D eigenvalue weighted by atomic mass is 16.3. The van der Waals surface area contributed by atoms with E-state index < -0.39 is 0 Å². The van der Waals surface area contributed by atoms with Crippen molar-refractivity contribution in [3.63, 3.8) is 0 Å². The second kappa shape index (κ2) is 7.25. The normalized spacial score (nSPS) is 10.9. The van der Waals surface area contributed by atoms with Crippen molar-refractivity contribution >= 4 is 5.78 Å². The fraction of sp³-hybridized carbons (Fsp3) is 0.444. The van der Waals surface area contributed by atoms with Crippen LogP contribution in [0.5, 0.6) is 5.75 Å². The van der Waals surface area contributed by atoms with Crippen molar-refractivity contribution in [2.24, 2.45) is 7.05 Å². The molecule has 2 rings (SSSR count). The highest BCUT2D eigenvalue weighted by molar-refractivity contribution is 5.97.